The quantitative estimate of drug-likeness (QED) is 0.862. The third kappa shape index (κ3) is 5.45. The molecule has 1 N–H and O–H groups in total. The van der Waals surface area contributed by atoms with E-state index in [2.05, 4.69) is 19.2 Å². The SMILES string of the molecule is CC1(C)CCCC(NCC2CCN(C(=O)OC(C)(C)C)C2)C1. The van der Waals surface area contributed by atoms with Gasteiger partial charge in [0.1, 0.15) is 5.60 Å². The van der Waals surface area contributed by atoms with Gasteiger partial charge in [0.2, 0.25) is 0 Å². The van der Waals surface area contributed by atoms with Crippen molar-refractivity contribution in [3.63, 3.8) is 0 Å². The predicted molar refractivity (Wildman–Crippen MR) is 90.0 cm³/mol. The minimum atomic E-state index is -0.402. The molecule has 0 aromatic rings. The molecule has 1 saturated heterocycles. The summed E-state index contributed by atoms with van der Waals surface area (Å²) in [4.78, 5) is 13.9. The summed E-state index contributed by atoms with van der Waals surface area (Å²) in [6.45, 7) is 13.2. The number of amides is 1. The molecule has 22 heavy (non-hydrogen) atoms. The molecule has 0 radical (unpaired) electrons. The Kier molecular flexibility index (Phi) is 5.41. The molecule has 2 unspecified atom stereocenters. The maximum atomic E-state index is 12.1. The second-order valence-corrected chi connectivity index (χ2v) is 8.95. The van der Waals surface area contributed by atoms with Crippen molar-refractivity contribution in [2.24, 2.45) is 11.3 Å². The topological polar surface area (TPSA) is 41.6 Å². The molecule has 1 aliphatic carbocycles. The van der Waals surface area contributed by atoms with Crippen LogP contribution < -0.4 is 5.32 Å². The van der Waals surface area contributed by atoms with Gasteiger partial charge in [-0.1, -0.05) is 20.3 Å². The molecule has 1 aliphatic heterocycles. The van der Waals surface area contributed by atoms with Gasteiger partial charge in [0.15, 0.2) is 0 Å². The molecular formula is C18H34N2O2. The minimum Gasteiger partial charge on any atom is -0.444 e. The molecule has 4 heteroatoms. The van der Waals surface area contributed by atoms with E-state index in [4.69, 9.17) is 4.74 Å². The Balaban J connectivity index is 1.71. The summed E-state index contributed by atoms with van der Waals surface area (Å²) in [6, 6.07) is 0.652. The smallest absolute Gasteiger partial charge is 0.410 e. The number of carbonyl (C=O) groups excluding carboxylic acids is 1. The Morgan fingerprint density at radius 2 is 2.05 bits per heavy atom. The van der Waals surface area contributed by atoms with Gasteiger partial charge >= 0.3 is 6.09 Å². The standard InChI is InChI=1S/C18H34N2O2/c1-17(2,3)22-16(21)20-10-8-14(13-20)12-19-15-7-6-9-18(4,5)11-15/h14-15,19H,6-13H2,1-5H3. The highest BCUT2D eigenvalue weighted by Gasteiger charge is 2.31. The highest BCUT2D eigenvalue weighted by Crippen LogP contribution is 2.35. The van der Waals surface area contributed by atoms with Gasteiger partial charge in [-0.2, -0.15) is 0 Å². The van der Waals surface area contributed by atoms with Crippen LogP contribution in [0.15, 0.2) is 0 Å². The zero-order chi connectivity index (χ0) is 16.4. The lowest BCUT2D eigenvalue weighted by molar-refractivity contribution is 0.0288. The van der Waals surface area contributed by atoms with E-state index in [1.54, 1.807) is 0 Å². The molecule has 4 nitrogen and oxygen atoms in total. The molecule has 2 aliphatic rings. The van der Waals surface area contributed by atoms with Crippen molar-refractivity contribution >= 4 is 6.09 Å². The summed E-state index contributed by atoms with van der Waals surface area (Å²) in [5.74, 6) is 0.567. The van der Waals surface area contributed by atoms with Crippen LogP contribution in [0.4, 0.5) is 4.79 Å². The lowest BCUT2D eigenvalue weighted by atomic mass is 9.75. The lowest BCUT2D eigenvalue weighted by Gasteiger charge is -2.36. The molecule has 0 bridgehead atoms. The van der Waals surface area contributed by atoms with E-state index in [0.717, 1.165) is 26.1 Å². The van der Waals surface area contributed by atoms with Gasteiger partial charge in [-0.25, -0.2) is 4.79 Å². The molecule has 1 saturated carbocycles. The second kappa shape index (κ2) is 6.77. The largest absolute Gasteiger partial charge is 0.444 e. The first-order chi connectivity index (χ1) is 10.1. The van der Waals surface area contributed by atoms with E-state index >= 15 is 0 Å². The number of nitrogens with zero attached hydrogens (tertiary/aromatic N) is 1. The lowest BCUT2D eigenvalue weighted by Crippen LogP contribution is -2.40. The third-order valence-electron chi connectivity index (χ3n) is 4.84. The molecule has 1 heterocycles. The second-order valence-electron chi connectivity index (χ2n) is 8.95. The predicted octanol–water partition coefficient (Wildman–Crippen LogP) is 3.80. The fourth-order valence-corrected chi connectivity index (χ4v) is 3.70. The zero-order valence-electron chi connectivity index (χ0n) is 15.1. The maximum Gasteiger partial charge on any atom is 0.410 e. The molecule has 2 fully saturated rings. The summed E-state index contributed by atoms with van der Waals surface area (Å²) in [6.07, 6.45) is 6.18. The van der Waals surface area contributed by atoms with Crippen LogP contribution in [0, 0.1) is 11.3 Å². The van der Waals surface area contributed by atoms with E-state index < -0.39 is 5.60 Å². The monoisotopic (exact) mass is 310 g/mol. The third-order valence-corrected chi connectivity index (χ3v) is 4.84. The molecular weight excluding hydrogens is 276 g/mol. The van der Waals surface area contributed by atoms with E-state index in [1.165, 1.54) is 25.7 Å². The van der Waals surface area contributed by atoms with Crippen molar-refractivity contribution in [2.45, 2.75) is 78.4 Å². The number of carbonyl (C=O) groups is 1. The van der Waals surface area contributed by atoms with Crippen LogP contribution in [0.1, 0.15) is 66.7 Å². The van der Waals surface area contributed by atoms with Crippen LogP contribution in [0.25, 0.3) is 0 Å². The van der Waals surface area contributed by atoms with Gasteiger partial charge in [0.25, 0.3) is 0 Å². The Hall–Kier alpha value is -0.770. The van der Waals surface area contributed by atoms with Gasteiger partial charge in [-0.15, -0.1) is 0 Å². The van der Waals surface area contributed by atoms with Crippen LogP contribution in [0.2, 0.25) is 0 Å². The van der Waals surface area contributed by atoms with Crippen molar-refractivity contribution < 1.29 is 9.53 Å². The molecule has 2 rings (SSSR count). The number of likely N-dealkylation sites (tertiary alicyclic amines) is 1. The van der Waals surface area contributed by atoms with Crippen LogP contribution in [-0.2, 0) is 4.74 Å². The van der Waals surface area contributed by atoms with Gasteiger partial charge in [-0.05, 0) is 64.3 Å². The number of hydrogen-bond acceptors (Lipinski definition) is 3. The summed E-state index contributed by atoms with van der Waals surface area (Å²) in [5, 5.41) is 3.75. The van der Waals surface area contributed by atoms with Crippen molar-refractivity contribution in [1.29, 1.82) is 0 Å². The highest BCUT2D eigenvalue weighted by molar-refractivity contribution is 5.68. The Morgan fingerprint density at radius 1 is 1.32 bits per heavy atom. The van der Waals surface area contributed by atoms with Gasteiger partial charge in [-0.3, -0.25) is 0 Å². The molecule has 0 aromatic carbocycles. The number of hydrogen-bond donors (Lipinski definition) is 1. The van der Waals surface area contributed by atoms with E-state index in [0.29, 0.717) is 17.4 Å². The van der Waals surface area contributed by atoms with Crippen LogP contribution in [0.3, 0.4) is 0 Å². The Morgan fingerprint density at radius 3 is 2.68 bits per heavy atom. The fraction of sp³-hybridized carbons (Fsp3) is 0.944. The molecule has 2 atom stereocenters. The minimum absolute atomic E-state index is 0.159. The van der Waals surface area contributed by atoms with Crippen molar-refractivity contribution in [1.82, 2.24) is 10.2 Å². The average molecular weight is 310 g/mol. The van der Waals surface area contributed by atoms with Crippen LogP contribution >= 0.6 is 0 Å². The van der Waals surface area contributed by atoms with Gasteiger partial charge in [0.05, 0.1) is 0 Å². The number of ether oxygens (including phenoxy) is 1. The fourth-order valence-electron chi connectivity index (χ4n) is 3.70. The van der Waals surface area contributed by atoms with Crippen LogP contribution in [0.5, 0.6) is 0 Å². The average Bonchev–Trinajstić information content (AvgIpc) is 2.82. The van der Waals surface area contributed by atoms with Crippen LogP contribution in [-0.4, -0.2) is 42.3 Å². The Labute approximate surface area is 136 Å². The van der Waals surface area contributed by atoms with E-state index in [1.807, 2.05) is 25.7 Å². The number of nitrogens with one attached hydrogen (secondary N) is 1. The summed E-state index contributed by atoms with van der Waals surface area (Å²) in [7, 11) is 0. The van der Waals surface area contributed by atoms with E-state index in [9.17, 15) is 4.79 Å². The first-order valence-corrected chi connectivity index (χ1v) is 8.86. The normalized spacial score (nSPS) is 28.7. The first-order valence-electron chi connectivity index (χ1n) is 8.86. The van der Waals surface area contributed by atoms with Crippen molar-refractivity contribution in [3.05, 3.63) is 0 Å². The number of rotatable bonds is 3. The van der Waals surface area contributed by atoms with Crippen molar-refractivity contribution in [3.8, 4) is 0 Å². The summed E-state index contributed by atoms with van der Waals surface area (Å²) < 4.78 is 5.46. The van der Waals surface area contributed by atoms with E-state index in [-0.39, 0.29) is 6.09 Å². The summed E-state index contributed by atoms with van der Waals surface area (Å²) in [5.41, 5.74) is 0.0786. The zero-order valence-corrected chi connectivity index (χ0v) is 15.1. The molecule has 0 aromatic heterocycles. The Bertz CT molecular complexity index is 387. The molecule has 1 amide bonds. The van der Waals surface area contributed by atoms with Gasteiger partial charge in [0, 0.05) is 19.1 Å². The first kappa shape index (κ1) is 17.6. The maximum absolute atomic E-state index is 12.1. The van der Waals surface area contributed by atoms with Gasteiger partial charge < -0.3 is 15.0 Å². The summed E-state index contributed by atoms with van der Waals surface area (Å²) >= 11 is 0. The molecule has 128 valence electrons. The highest BCUT2D eigenvalue weighted by atomic mass is 16.6. The molecule has 0 spiro atoms. The van der Waals surface area contributed by atoms with Crippen molar-refractivity contribution in [2.75, 3.05) is 19.6 Å².